The van der Waals surface area contributed by atoms with Crippen LogP contribution in [0.25, 0.3) is 0 Å². The number of allylic oxidation sites excluding steroid dienone is 4. The Morgan fingerprint density at radius 2 is 1.71 bits per heavy atom. The van der Waals surface area contributed by atoms with E-state index in [2.05, 4.69) is 61.5 Å². The first kappa shape index (κ1) is 13.7. The van der Waals surface area contributed by atoms with Crippen LogP contribution >= 0.6 is 0 Å². The Labute approximate surface area is 126 Å². The van der Waals surface area contributed by atoms with Crippen LogP contribution in [-0.2, 0) is 6.42 Å². The molecule has 0 saturated carbocycles. The largest absolute Gasteiger partial charge is 0.399 e. The summed E-state index contributed by atoms with van der Waals surface area (Å²) in [7, 11) is 0. The summed E-state index contributed by atoms with van der Waals surface area (Å²) in [4.78, 5) is 0. The number of anilines is 1. The number of nitrogens with two attached hydrogens (primary N) is 1. The maximum Gasteiger partial charge on any atom is 0.0314 e. The van der Waals surface area contributed by atoms with Crippen LogP contribution in [0.15, 0.2) is 77.9 Å². The summed E-state index contributed by atoms with van der Waals surface area (Å²) in [5, 5.41) is 0. The third kappa shape index (κ3) is 3.25. The van der Waals surface area contributed by atoms with Gasteiger partial charge >= 0.3 is 0 Å². The van der Waals surface area contributed by atoms with Crippen LogP contribution in [0.5, 0.6) is 0 Å². The van der Waals surface area contributed by atoms with Gasteiger partial charge in [-0.25, -0.2) is 0 Å². The van der Waals surface area contributed by atoms with Gasteiger partial charge in [0.05, 0.1) is 0 Å². The number of rotatable bonds is 3. The van der Waals surface area contributed by atoms with Gasteiger partial charge in [-0.2, -0.15) is 0 Å². The van der Waals surface area contributed by atoms with Gasteiger partial charge in [0.15, 0.2) is 0 Å². The number of hydrogen-bond acceptors (Lipinski definition) is 1. The second-order valence-electron chi connectivity index (χ2n) is 5.75. The Hall–Kier alpha value is -2.28. The van der Waals surface area contributed by atoms with Crippen molar-refractivity contribution >= 4 is 5.69 Å². The van der Waals surface area contributed by atoms with E-state index >= 15 is 0 Å². The fourth-order valence-electron chi connectivity index (χ4n) is 2.87. The third-order valence-corrected chi connectivity index (χ3v) is 4.19. The lowest BCUT2D eigenvalue weighted by molar-refractivity contribution is 0.823. The molecule has 0 spiro atoms. The SMILES string of the molecule is CC1=CC[C@H](c2ccc(N)cc2)C=C1Cc1ccccc1. The zero-order chi connectivity index (χ0) is 14.7. The van der Waals surface area contributed by atoms with Gasteiger partial charge in [-0.3, -0.25) is 0 Å². The summed E-state index contributed by atoms with van der Waals surface area (Å²) < 4.78 is 0. The van der Waals surface area contributed by atoms with Crippen molar-refractivity contribution in [3.05, 3.63) is 89.0 Å². The standard InChI is InChI=1S/C20H21N/c1-15-7-8-18(17-9-11-20(21)12-10-17)14-19(15)13-16-5-3-2-4-6-16/h2-7,9-12,14,18H,8,13,21H2,1H3/t18-/m0/s1. The molecule has 2 aromatic rings. The highest BCUT2D eigenvalue weighted by Gasteiger charge is 2.15. The van der Waals surface area contributed by atoms with Gasteiger partial charge in [-0.1, -0.05) is 60.2 Å². The molecule has 1 aliphatic rings. The predicted octanol–water partition coefficient (Wildman–Crippen LogP) is 4.87. The zero-order valence-electron chi connectivity index (χ0n) is 12.4. The van der Waals surface area contributed by atoms with E-state index in [1.54, 1.807) is 0 Å². The lowest BCUT2D eigenvalue weighted by atomic mass is 9.84. The summed E-state index contributed by atoms with van der Waals surface area (Å²) in [6.45, 7) is 2.22. The molecule has 0 bridgehead atoms. The summed E-state index contributed by atoms with van der Waals surface area (Å²) in [5.74, 6) is 0.466. The molecule has 0 aromatic heterocycles. The summed E-state index contributed by atoms with van der Waals surface area (Å²) in [5.41, 5.74) is 12.2. The Balaban J connectivity index is 1.84. The molecule has 0 aliphatic heterocycles. The molecule has 1 aliphatic carbocycles. The second kappa shape index (κ2) is 6.01. The van der Waals surface area contributed by atoms with Gasteiger partial charge < -0.3 is 5.73 Å². The van der Waals surface area contributed by atoms with E-state index in [1.165, 1.54) is 22.3 Å². The molecule has 3 rings (SSSR count). The molecular formula is C20H21N. The number of benzene rings is 2. The molecule has 1 nitrogen and oxygen atoms in total. The van der Waals surface area contributed by atoms with Crippen molar-refractivity contribution in [3.63, 3.8) is 0 Å². The van der Waals surface area contributed by atoms with E-state index in [-0.39, 0.29) is 0 Å². The molecule has 0 saturated heterocycles. The second-order valence-corrected chi connectivity index (χ2v) is 5.75. The monoisotopic (exact) mass is 275 g/mol. The van der Waals surface area contributed by atoms with Crippen LogP contribution in [0.1, 0.15) is 30.4 Å². The minimum absolute atomic E-state index is 0.466. The molecular weight excluding hydrogens is 254 g/mol. The Morgan fingerprint density at radius 3 is 2.43 bits per heavy atom. The predicted molar refractivity (Wildman–Crippen MR) is 90.2 cm³/mol. The lowest BCUT2D eigenvalue weighted by Crippen LogP contribution is -2.04. The van der Waals surface area contributed by atoms with Crippen LogP contribution in [0.3, 0.4) is 0 Å². The van der Waals surface area contributed by atoms with Crippen LogP contribution in [0.4, 0.5) is 5.69 Å². The molecule has 21 heavy (non-hydrogen) atoms. The quantitative estimate of drug-likeness (QED) is 0.794. The zero-order valence-corrected chi connectivity index (χ0v) is 12.4. The van der Waals surface area contributed by atoms with Crippen molar-refractivity contribution in [2.75, 3.05) is 5.73 Å². The first-order valence-electron chi connectivity index (χ1n) is 7.49. The minimum atomic E-state index is 0.466. The van der Waals surface area contributed by atoms with Crippen molar-refractivity contribution in [1.82, 2.24) is 0 Å². The van der Waals surface area contributed by atoms with E-state index in [4.69, 9.17) is 5.73 Å². The summed E-state index contributed by atoms with van der Waals surface area (Å²) in [6, 6.07) is 18.9. The van der Waals surface area contributed by atoms with Crippen LogP contribution in [0.2, 0.25) is 0 Å². The molecule has 106 valence electrons. The van der Waals surface area contributed by atoms with Gasteiger partial charge in [0, 0.05) is 11.6 Å². The van der Waals surface area contributed by atoms with Crippen molar-refractivity contribution in [2.24, 2.45) is 0 Å². The van der Waals surface area contributed by atoms with E-state index < -0.39 is 0 Å². The maximum absolute atomic E-state index is 5.78. The highest BCUT2D eigenvalue weighted by atomic mass is 14.5. The van der Waals surface area contributed by atoms with Gasteiger partial charge in [-0.15, -0.1) is 0 Å². The van der Waals surface area contributed by atoms with Crippen molar-refractivity contribution in [3.8, 4) is 0 Å². The smallest absolute Gasteiger partial charge is 0.0314 e. The fraction of sp³-hybridized carbons (Fsp3) is 0.200. The summed E-state index contributed by atoms with van der Waals surface area (Å²) in [6.07, 6.45) is 6.87. The number of nitrogen functional groups attached to an aromatic ring is 1. The molecule has 2 aromatic carbocycles. The normalized spacial score (nSPS) is 18.0. The van der Waals surface area contributed by atoms with Gasteiger partial charge in [0.25, 0.3) is 0 Å². The summed E-state index contributed by atoms with van der Waals surface area (Å²) >= 11 is 0. The maximum atomic E-state index is 5.78. The minimum Gasteiger partial charge on any atom is -0.399 e. The Bertz CT molecular complexity index is 663. The van der Waals surface area contributed by atoms with E-state index in [0.29, 0.717) is 5.92 Å². The molecule has 0 radical (unpaired) electrons. The third-order valence-electron chi connectivity index (χ3n) is 4.19. The molecule has 0 fully saturated rings. The van der Waals surface area contributed by atoms with Gasteiger partial charge in [0.2, 0.25) is 0 Å². The van der Waals surface area contributed by atoms with Crippen LogP contribution in [0, 0.1) is 0 Å². The van der Waals surface area contributed by atoms with Crippen LogP contribution < -0.4 is 5.73 Å². The van der Waals surface area contributed by atoms with Crippen molar-refractivity contribution < 1.29 is 0 Å². The van der Waals surface area contributed by atoms with Crippen LogP contribution in [-0.4, -0.2) is 0 Å². The molecule has 1 atom stereocenters. The molecule has 0 unspecified atom stereocenters. The lowest BCUT2D eigenvalue weighted by Gasteiger charge is -2.21. The number of hydrogen-bond donors (Lipinski definition) is 1. The highest BCUT2D eigenvalue weighted by Crippen LogP contribution is 2.32. The Kier molecular flexibility index (Phi) is 3.92. The van der Waals surface area contributed by atoms with Gasteiger partial charge in [0.1, 0.15) is 0 Å². The van der Waals surface area contributed by atoms with Crippen molar-refractivity contribution in [1.29, 1.82) is 0 Å². The Morgan fingerprint density at radius 1 is 1.00 bits per heavy atom. The van der Waals surface area contributed by atoms with Gasteiger partial charge in [-0.05, 0) is 48.6 Å². The molecule has 0 amide bonds. The highest BCUT2D eigenvalue weighted by molar-refractivity contribution is 5.45. The molecule has 2 N–H and O–H groups in total. The molecule has 1 heteroatoms. The topological polar surface area (TPSA) is 26.0 Å². The van der Waals surface area contributed by atoms with E-state index in [0.717, 1.165) is 18.5 Å². The van der Waals surface area contributed by atoms with E-state index in [1.807, 2.05) is 12.1 Å². The average Bonchev–Trinajstić information content (AvgIpc) is 2.51. The molecule has 0 heterocycles. The first-order chi connectivity index (χ1) is 10.2. The van der Waals surface area contributed by atoms with Crippen molar-refractivity contribution in [2.45, 2.75) is 25.7 Å². The van der Waals surface area contributed by atoms with E-state index in [9.17, 15) is 0 Å². The average molecular weight is 275 g/mol. The first-order valence-corrected chi connectivity index (χ1v) is 7.49. The fourth-order valence-corrected chi connectivity index (χ4v) is 2.87.